The van der Waals surface area contributed by atoms with Crippen LogP contribution in [0.3, 0.4) is 0 Å². The molecule has 2 rings (SSSR count). The molecule has 5 nitrogen and oxygen atoms in total. The topological polar surface area (TPSA) is 96.0 Å². The van der Waals surface area contributed by atoms with Gasteiger partial charge in [0.1, 0.15) is 5.82 Å². The minimum atomic E-state index is -3.87. The van der Waals surface area contributed by atoms with E-state index in [4.69, 9.17) is 11.0 Å². The van der Waals surface area contributed by atoms with Crippen LogP contribution in [-0.4, -0.2) is 8.42 Å². The quantitative estimate of drug-likeness (QED) is 0.851. The zero-order chi connectivity index (χ0) is 15.6. The number of benzene rings is 2. The number of anilines is 2. The summed E-state index contributed by atoms with van der Waals surface area (Å²) in [6, 6.07) is 9.56. The molecule has 2 aromatic rings. The summed E-state index contributed by atoms with van der Waals surface area (Å²) in [5, 5.41) is 8.79. The molecule has 0 amide bonds. The fraction of sp³-hybridized carbons (Fsp3) is 0.0714. The van der Waals surface area contributed by atoms with Crippen LogP contribution in [0.4, 0.5) is 15.8 Å². The molecule has 0 radical (unpaired) electrons. The molecule has 0 unspecified atom stereocenters. The summed E-state index contributed by atoms with van der Waals surface area (Å²) in [6.07, 6.45) is 0. The zero-order valence-electron chi connectivity index (χ0n) is 11.1. The zero-order valence-corrected chi connectivity index (χ0v) is 11.9. The molecule has 0 atom stereocenters. The minimum Gasteiger partial charge on any atom is -0.397 e. The van der Waals surface area contributed by atoms with Gasteiger partial charge in [-0.25, -0.2) is 12.8 Å². The predicted octanol–water partition coefficient (Wildman–Crippen LogP) is 2.39. The van der Waals surface area contributed by atoms with Crippen molar-refractivity contribution in [1.82, 2.24) is 0 Å². The van der Waals surface area contributed by atoms with Crippen LogP contribution in [0.25, 0.3) is 0 Å². The maximum Gasteiger partial charge on any atom is 0.262 e. The molecule has 0 aliphatic heterocycles. The predicted molar refractivity (Wildman–Crippen MR) is 77.5 cm³/mol. The Morgan fingerprint density at radius 1 is 1.24 bits per heavy atom. The van der Waals surface area contributed by atoms with Gasteiger partial charge >= 0.3 is 0 Å². The van der Waals surface area contributed by atoms with Gasteiger partial charge in [0.05, 0.1) is 27.9 Å². The van der Waals surface area contributed by atoms with Crippen LogP contribution in [0.2, 0.25) is 0 Å². The number of sulfonamides is 1. The number of rotatable bonds is 3. The Hall–Kier alpha value is -2.59. The van der Waals surface area contributed by atoms with Crippen molar-refractivity contribution in [1.29, 1.82) is 5.26 Å². The lowest BCUT2D eigenvalue weighted by Crippen LogP contribution is -2.15. The molecule has 0 saturated heterocycles. The summed E-state index contributed by atoms with van der Waals surface area (Å²) >= 11 is 0. The second-order valence-corrected chi connectivity index (χ2v) is 6.08. The van der Waals surface area contributed by atoms with Crippen LogP contribution >= 0.6 is 0 Å². The molecule has 2 aromatic carbocycles. The molecular weight excluding hydrogens is 293 g/mol. The first-order chi connectivity index (χ1) is 9.83. The highest BCUT2D eigenvalue weighted by Gasteiger charge is 2.18. The summed E-state index contributed by atoms with van der Waals surface area (Å²) in [5.74, 6) is -0.551. The van der Waals surface area contributed by atoms with Crippen molar-refractivity contribution in [2.75, 3.05) is 10.5 Å². The Morgan fingerprint density at radius 3 is 2.52 bits per heavy atom. The number of halogens is 1. The third kappa shape index (κ3) is 3.12. The highest BCUT2D eigenvalue weighted by Crippen LogP contribution is 2.24. The highest BCUT2D eigenvalue weighted by molar-refractivity contribution is 7.92. The van der Waals surface area contributed by atoms with E-state index in [0.717, 1.165) is 12.1 Å². The van der Waals surface area contributed by atoms with Crippen molar-refractivity contribution in [2.24, 2.45) is 0 Å². The van der Waals surface area contributed by atoms with Crippen molar-refractivity contribution in [3.63, 3.8) is 0 Å². The van der Waals surface area contributed by atoms with Gasteiger partial charge < -0.3 is 5.73 Å². The summed E-state index contributed by atoms with van der Waals surface area (Å²) in [4.78, 5) is 0.0326. The molecule has 0 aromatic heterocycles. The number of nitrogen functional groups attached to an aromatic ring is 1. The van der Waals surface area contributed by atoms with Gasteiger partial charge in [0, 0.05) is 0 Å². The highest BCUT2D eigenvalue weighted by atomic mass is 32.2. The maximum atomic E-state index is 13.0. The Morgan fingerprint density at radius 2 is 1.95 bits per heavy atom. The Bertz CT molecular complexity index is 842. The smallest absolute Gasteiger partial charge is 0.262 e. The molecular formula is C14H12FN3O2S. The molecule has 0 aliphatic rings. The number of nitrogens with two attached hydrogens (primary N) is 1. The van der Waals surface area contributed by atoms with Crippen LogP contribution in [0.15, 0.2) is 41.3 Å². The lowest BCUT2D eigenvalue weighted by molar-refractivity contribution is 0.600. The molecule has 0 bridgehead atoms. The van der Waals surface area contributed by atoms with Gasteiger partial charge in [-0.2, -0.15) is 5.26 Å². The maximum absolute atomic E-state index is 13.0. The molecule has 0 fully saturated rings. The lowest BCUT2D eigenvalue weighted by Gasteiger charge is -2.12. The third-order valence-corrected chi connectivity index (χ3v) is 4.38. The number of hydrogen-bond donors (Lipinski definition) is 2. The molecule has 0 spiro atoms. The molecule has 0 aliphatic carbocycles. The molecule has 3 N–H and O–H groups in total. The molecule has 108 valence electrons. The van der Waals surface area contributed by atoms with E-state index in [1.807, 2.05) is 6.07 Å². The summed E-state index contributed by atoms with van der Waals surface area (Å²) in [5.41, 5.74) is 6.47. The second kappa shape index (κ2) is 5.42. The largest absolute Gasteiger partial charge is 0.397 e. The fourth-order valence-electron chi connectivity index (χ4n) is 1.85. The first kappa shape index (κ1) is 14.8. The first-order valence-electron chi connectivity index (χ1n) is 5.92. The Balaban J connectivity index is 2.41. The first-order valence-corrected chi connectivity index (χ1v) is 7.40. The van der Waals surface area contributed by atoms with E-state index in [0.29, 0.717) is 11.1 Å². The van der Waals surface area contributed by atoms with Crippen LogP contribution in [0, 0.1) is 24.1 Å². The van der Waals surface area contributed by atoms with E-state index in [9.17, 15) is 12.8 Å². The third-order valence-electron chi connectivity index (χ3n) is 2.85. The van der Waals surface area contributed by atoms with Crippen molar-refractivity contribution in [3.05, 3.63) is 53.3 Å². The number of nitriles is 1. The number of nitrogens with one attached hydrogen (secondary N) is 1. The van der Waals surface area contributed by atoms with Crippen molar-refractivity contribution in [2.45, 2.75) is 11.8 Å². The van der Waals surface area contributed by atoms with Gasteiger partial charge in [0.25, 0.3) is 10.0 Å². The van der Waals surface area contributed by atoms with Gasteiger partial charge in [-0.05, 0) is 48.9 Å². The van der Waals surface area contributed by atoms with Gasteiger partial charge in [0.2, 0.25) is 0 Å². The van der Waals surface area contributed by atoms with Crippen molar-refractivity contribution < 1.29 is 12.8 Å². The standard InChI is InChI=1S/C14H12FN3O2S/c1-9-6-10(8-16)2-5-14(9)21(19,20)18-13-4-3-11(15)7-12(13)17/h2-7,18H,17H2,1H3. The summed E-state index contributed by atoms with van der Waals surface area (Å²) < 4.78 is 39.9. The van der Waals surface area contributed by atoms with E-state index in [1.165, 1.54) is 24.3 Å². The summed E-state index contributed by atoms with van der Waals surface area (Å²) in [7, 11) is -3.87. The van der Waals surface area contributed by atoms with Crippen LogP contribution < -0.4 is 10.5 Å². The number of nitrogens with zero attached hydrogens (tertiary/aromatic N) is 1. The Labute approximate surface area is 121 Å². The van der Waals surface area contributed by atoms with Gasteiger partial charge in [-0.15, -0.1) is 0 Å². The van der Waals surface area contributed by atoms with E-state index in [1.54, 1.807) is 6.92 Å². The van der Waals surface area contributed by atoms with E-state index in [2.05, 4.69) is 4.72 Å². The van der Waals surface area contributed by atoms with Crippen molar-refractivity contribution in [3.8, 4) is 6.07 Å². The Kier molecular flexibility index (Phi) is 3.82. The SMILES string of the molecule is Cc1cc(C#N)ccc1S(=O)(=O)Nc1ccc(F)cc1N. The van der Waals surface area contributed by atoms with E-state index in [-0.39, 0.29) is 16.3 Å². The van der Waals surface area contributed by atoms with Crippen molar-refractivity contribution >= 4 is 21.4 Å². The van der Waals surface area contributed by atoms with Crippen LogP contribution in [-0.2, 0) is 10.0 Å². The average Bonchev–Trinajstić information content (AvgIpc) is 2.41. The fourth-order valence-corrected chi connectivity index (χ4v) is 3.16. The monoisotopic (exact) mass is 305 g/mol. The average molecular weight is 305 g/mol. The minimum absolute atomic E-state index is 0.00938. The number of hydrogen-bond acceptors (Lipinski definition) is 4. The van der Waals surface area contributed by atoms with Gasteiger partial charge in [-0.3, -0.25) is 4.72 Å². The normalized spacial score (nSPS) is 10.9. The van der Waals surface area contributed by atoms with E-state index >= 15 is 0 Å². The summed E-state index contributed by atoms with van der Waals surface area (Å²) in [6.45, 7) is 1.59. The van der Waals surface area contributed by atoms with Gasteiger partial charge in [-0.1, -0.05) is 0 Å². The molecule has 7 heteroatoms. The molecule has 0 heterocycles. The van der Waals surface area contributed by atoms with Gasteiger partial charge in [0.15, 0.2) is 0 Å². The molecule has 21 heavy (non-hydrogen) atoms. The van der Waals surface area contributed by atoms with Crippen LogP contribution in [0.5, 0.6) is 0 Å². The van der Waals surface area contributed by atoms with E-state index < -0.39 is 15.8 Å². The lowest BCUT2D eigenvalue weighted by atomic mass is 10.2. The number of aryl methyl sites for hydroxylation is 1. The second-order valence-electron chi connectivity index (χ2n) is 4.43. The molecule has 0 saturated carbocycles. The van der Waals surface area contributed by atoms with Crippen LogP contribution in [0.1, 0.15) is 11.1 Å².